The summed E-state index contributed by atoms with van der Waals surface area (Å²) in [4.78, 5) is 20.0. The fraction of sp³-hybridized carbons (Fsp3) is 0.414. The second-order valence-corrected chi connectivity index (χ2v) is 11.4. The zero-order chi connectivity index (χ0) is 24.6. The number of halogens is 1. The van der Waals surface area contributed by atoms with Crippen LogP contribution < -0.4 is 10.6 Å². The van der Waals surface area contributed by atoms with E-state index in [0.29, 0.717) is 17.8 Å². The Morgan fingerprint density at radius 3 is 2.61 bits per heavy atom. The zero-order valence-electron chi connectivity index (χ0n) is 20.7. The Balaban J connectivity index is 1.11. The Labute approximate surface area is 222 Å². The first-order valence-corrected chi connectivity index (χ1v) is 13.9. The van der Waals surface area contributed by atoms with Crippen LogP contribution in [0.4, 0.5) is 4.79 Å². The van der Waals surface area contributed by atoms with Crippen molar-refractivity contribution in [1.82, 2.24) is 25.3 Å². The van der Waals surface area contributed by atoms with Crippen LogP contribution in [0.3, 0.4) is 0 Å². The topological polar surface area (TPSA) is 50.9 Å². The van der Waals surface area contributed by atoms with E-state index in [9.17, 15) is 4.79 Å². The molecular formula is C29H34BrN5O. The standard InChI is InChI=1S/C29H34BrN5O/c1-2-20-7-3-4-8-25(20)31-29(36)34-17-22-15-33(16-23(22)18-34)19-26-28(21-10-12-24(30)13-11-21)32-27-9-5-6-14-35(26)27/h3-6,8-14,20,22-23,27,32H,2,7,15-19H2,1H3,(H,31,36). The lowest BCUT2D eigenvalue weighted by Crippen LogP contribution is -2.41. The molecule has 0 spiro atoms. The summed E-state index contributed by atoms with van der Waals surface area (Å²) in [5.74, 6) is 1.50. The van der Waals surface area contributed by atoms with Crippen molar-refractivity contribution < 1.29 is 4.79 Å². The van der Waals surface area contributed by atoms with Crippen molar-refractivity contribution in [3.63, 3.8) is 0 Å². The molecule has 36 heavy (non-hydrogen) atoms. The number of likely N-dealkylation sites (tertiary alicyclic amines) is 2. The summed E-state index contributed by atoms with van der Waals surface area (Å²) in [6.07, 6.45) is 17.2. The second kappa shape index (κ2) is 9.94. The number of amides is 2. The molecule has 4 aliphatic heterocycles. The van der Waals surface area contributed by atoms with Gasteiger partial charge in [-0.15, -0.1) is 0 Å². The highest BCUT2D eigenvalue weighted by Gasteiger charge is 2.43. The maximum Gasteiger partial charge on any atom is 0.321 e. The SMILES string of the molecule is CCC1CC=CC=C1NC(=O)N1CC2CN(CC3=C(c4ccc(Br)cc4)NC4C=CC=CN34)CC2C1. The van der Waals surface area contributed by atoms with E-state index in [2.05, 4.69) is 110 Å². The molecule has 7 heteroatoms. The van der Waals surface area contributed by atoms with Crippen LogP contribution in [0.1, 0.15) is 25.3 Å². The van der Waals surface area contributed by atoms with Gasteiger partial charge in [0.05, 0.1) is 11.4 Å². The van der Waals surface area contributed by atoms with E-state index in [1.54, 1.807) is 0 Å². The van der Waals surface area contributed by atoms with E-state index in [1.807, 2.05) is 4.90 Å². The molecule has 0 aromatic heterocycles. The lowest BCUT2D eigenvalue weighted by atomic mass is 9.94. The summed E-state index contributed by atoms with van der Waals surface area (Å²) in [6.45, 7) is 6.86. The summed E-state index contributed by atoms with van der Waals surface area (Å²) >= 11 is 3.56. The van der Waals surface area contributed by atoms with E-state index < -0.39 is 0 Å². The fourth-order valence-electron chi connectivity index (χ4n) is 6.27. The van der Waals surface area contributed by atoms with Crippen LogP contribution in [0.2, 0.25) is 0 Å². The number of benzene rings is 1. The number of hydrogen-bond acceptors (Lipinski definition) is 4. The van der Waals surface area contributed by atoms with Crippen molar-refractivity contribution in [3.05, 3.63) is 88.4 Å². The Bertz CT molecular complexity index is 1150. The lowest BCUT2D eigenvalue weighted by molar-refractivity contribution is 0.201. The molecule has 0 radical (unpaired) electrons. The van der Waals surface area contributed by atoms with Gasteiger partial charge in [0.1, 0.15) is 6.17 Å². The van der Waals surface area contributed by atoms with Gasteiger partial charge in [-0.3, -0.25) is 4.90 Å². The Morgan fingerprint density at radius 2 is 1.86 bits per heavy atom. The number of urea groups is 1. The van der Waals surface area contributed by atoms with E-state index >= 15 is 0 Å². The molecule has 6 rings (SSSR count). The number of carbonyl (C=O) groups excluding carboxylic acids is 1. The van der Waals surface area contributed by atoms with Crippen molar-refractivity contribution >= 4 is 27.7 Å². The van der Waals surface area contributed by atoms with Crippen molar-refractivity contribution in [1.29, 1.82) is 0 Å². The first-order chi connectivity index (χ1) is 17.6. The van der Waals surface area contributed by atoms with Gasteiger partial charge in [0.2, 0.25) is 0 Å². The molecule has 0 saturated carbocycles. The lowest BCUT2D eigenvalue weighted by Gasteiger charge is -2.28. The van der Waals surface area contributed by atoms with Crippen LogP contribution >= 0.6 is 15.9 Å². The number of nitrogens with zero attached hydrogens (tertiary/aromatic N) is 3. The molecule has 2 saturated heterocycles. The Morgan fingerprint density at radius 1 is 1.08 bits per heavy atom. The summed E-state index contributed by atoms with van der Waals surface area (Å²) in [6, 6.07) is 8.63. The van der Waals surface area contributed by atoms with Crippen LogP contribution in [0.5, 0.6) is 0 Å². The summed E-state index contributed by atoms with van der Waals surface area (Å²) in [7, 11) is 0. The molecule has 2 amide bonds. The molecule has 1 aliphatic carbocycles. The van der Waals surface area contributed by atoms with Crippen molar-refractivity contribution in [2.75, 3.05) is 32.7 Å². The predicted molar refractivity (Wildman–Crippen MR) is 147 cm³/mol. The minimum atomic E-state index is 0.0734. The van der Waals surface area contributed by atoms with Crippen molar-refractivity contribution in [2.45, 2.75) is 25.9 Å². The smallest absolute Gasteiger partial charge is 0.321 e. The van der Waals surface area contributed by atoms with Gasteiger partial charge in [-0.2, -0.15) is 0 Å². The molecule has 4 atom stereocenters. The largest absolute Gasteiger partial charge is 0.360 e. The van der Waals surface area contributed by atoms with Crippen LogP contribution in [0.15, 0.2) is 82.8 Å². The first-order valence-electron chi connectivity index (χ1n) is 13.1. The Hall–Kier alpha value is -2.77. The second-order valence-electron chi connectivity index (χ2n) is 10.5. The minimum Gasteiger partial charge on any atom is -0.360 e. The molecule has 4 unspecified atom stereocenters. The van der Waals surface area contributed by atoms with Crippen molar-refractivity contribution in [3.8, 4) is 0 Å². The summed E-state index contributed by atoms with van der Waals surface area (Å²) in [5.41, 5.74) is 4.81. The first kappa shape index (κ1) is 23.6. The maximum atomic E-state index is 13.0. The third kappa shape index (κ3) is 4.55. The molecule has 1 aromatic carbocycles. The number of hydrogen-bond donors (Lipinski definition) is 2. The molecule has 0 bridgehead atoms. The average Bonchev–Trinajstić information content (AvgIpc) is 3.57. The van der Waals surface area contributed by atoms with Crippen LogP contribution in [-0.2, 0) is 0 Å². The monoisotopic (exact) mass is 547 g/mol. The molecule has 6 nitrogen and oxygen atoms in total. The highest BCUT2D eigenvalue weighted by Crippen LogP contribution is 2.35. The highest BCUT2D eigenvalue weighted by molar-refractivity contribution is 9.10. The normalized spacial score (nSPS) is 28.9. The third-order valence-corrected chi connectivity index (χ3v) is 8.74. The molecule has 188 valence electrons. The zero-order valence-corrected chi connectivity index (χ0v) is 22.3. The van der Waals surface area contributed by atoms with Gasteiger partial charge in [0.15, 0.2) is 0 Å². The molecule has 4 heterocycles. The number of fused-ring (bicyclic) bond motifs is 2. The number of carbonyl (C=O) groups is 1. The maximum absolute atomic E-state index is 13.0. The molecular weight excluding hydrogens is 514 g/mol. The average molecular weight is 549 g/mol. The third-order valence-electron chi connectivity index (χ3n) is 8.22. The van der Waals surface area contributed by atoms with Crippen molar-refractivity contribution in [2.24, 2.45) is 17.8 Å². The minimum absolute atomic E-state index is 0.0734. The number of allylic oxidation sites excluding steroid dienone is 6. The fourth-order valence-corrected chi connectivity index (χ4v) is 6.53. The van der Waals surface area contributed by atoms with Gasteiger partial charge >= 0.3 is 6.03 Å². The summed E-state index contributed by atoms with van der Waals surface area (Å²) < 4.78 is 1.09. The van der Waals surface area contributed by atoms with Crippen LogP contribution in [0.25, 0.3) is 5.70 Å². The van der Waals surface area contributed by atoms with Gasteiger partial charge in [0, 0.05) is 55.0 Å². The predicted octanol–water partition coefficient (Wildman–Crippen LogP) is 4.88. The Kier molecular flexibility index (Phi) is 6.52. The number of nitrogens with one attached hydrogen (secondary N) is 2. The van der Waals surface area contributed by atoms with E-state index in [0.717, 1.165) is 55.7 Å². The quantitative estimate of drug-likeness (QED) is 0.551. The van der Waals surface area contributed by atoms with Gasteiger partial charge in [-0.05, 0) is 60.6 Å². The van der Waals surface area contributed by atoms with Gasteiger partial charge in [-0.1, -0.05) is 53.2 Å². The van der Waals surface area contributed by atoms with E-state index in [-0.39, 0.29) is 12.2 Å². The van der Waals surface area contributed by atoms with Gasteiger partial charge in [-0.25, -0.2) is 4.79 Å². The van der Waals surface area contributed by atoms with Gasteiger partial charge in [0.25, 0.3) is 0 Å². The highest BCUT2D eigenvalue weighted by atomic mass is 79.9. The van der Waals surface area contributed by atoms with E-state index in [4.69, 9.17) is 0 Å². The van der Waals surface area contributed by atoms with Crippen LogP contribution in [-0.4, -0.2) is 59.6 Å². The molecule has 1 aromatic rings. The number of rotatable bonds is 5. The molecule has 2 N–H and O–H groups in total. The molecule has 2 fully saturated rings. The van der Waals surface area contributed by atoms with Crippen LogP contribution in [0, 0.1) is 17.8 Å². The van der Waals surface area contributed by atoms with E-state index in [1.165, 1.54) is 17.0 Å². The molecule has 5 aliphatic rings. The summed E-state index contributed by atoms with van der Waals surface area (Å²) in [5, 5.41) is 6.95. The van der Waals surface area contributed by atoms with Gasteiger partial charge < -0.3 is 20.4 Å².